The van der Waals surface area contributed by atoms with Crippen molar-refractivity contribution in [3.8, 4) is 0 Å². The summed E-state index contributed by atoms with van der Waals surface area (Å²) in [4.78, 5) is 115. The molecular weight excluding hydrogens is 1230 g/mol. The minimum atomic E-state index is -4.52. The third-order valence-electron chi connectivity index (χ3n) is 15.5. The molecule has 0 spiro atoms. The first-order valence-corrected chi connectivity index (χ1v) is 35.3. The first-order valence-electron chi connectivity index (χ1n) is 28.2. The quantitative estimate of drug-likeness (QED) is 0.0193. The zero-order valence-corrected chi connectivity index (χ0v) is 52.9. The number of aryl methyl sites for hydroxylation is 1. The predicted octanol–water partition coefficient (Wildman–Crippen LogP) is 7.54. The van der Waals surface area contributed by atoms with E-state index in [4.69, 9.17) is 31.3 Å². The number of hydrazine groups is 1. The number of carbonyl (C=O) groups excluding carboxylic acids is 7. The first-order chi connectivity index (χ1) is 42.1. The Balaban J connectivity index is 0.000000212. The molecule has 0 aliphatic carbocycles. The van der Waals surface area contributed by atoms with Gasteiger partial charge in [-0.2, -0.15) is 0 Å². The maximum atomic E-state index is 14.5. The number of ether oxygens (including phenoxy) is 2. The normalized spacial score (nSPS) is 17.8. The standard InChI is InChI=1S/C30H36ClFN3O9PSi.C30H30FN6O5P/c1-18(2)44-30(39)42-17-43-45(40,41)21-9-10-22-23(19(3)36)13-34(25(22)11-21)14-27(37)35-16-46(4,5)15-26(35)29(38)33-12-20-7-6-8-24(31)28(20)32;1-19-6-5-7-20(27(19)31)17-33-28(38)25-12-13-34-14-15-35(30(40)37(25)34)26-18-36(29(32)39)24-11-10-22(16-23(24)26)43(41,42)21-8-3-2-4-9-21/h6-11,13,18,26H,12,14-17H2,1-5H3,(H,33,38)(H,40,41);2-11,16,18,25H,12-15,17H2,1H3,(H2,32,39)(H,33,38)(H,41,42)/t26-;25-/m00/s1. The largest absolute Gasteiger partial charge is 0.510 e. The Morgan fingerprint density at radius 2 is 1.45 bits per heavy atom. The Kier molecular flexibility index (Phi) is 19.5. The van der Waals surface area contributed by atoms with Crippen LogP contribution < -0.4 is 37.2 Å². The Bertz CT molecular complexity index is 4060. The Labute approximate surface area is 516 Å². The lowest BCUT2D eigenvalue weighted by Crippen LogP contribution is -2.61. The molecule has 3 fully saturated rings. The molecular formula is C60H66ClF2N9O14P2Si. The van der Waals surface area contributed by atoms with E-state index < -0.39 is 89.8 Å². The van der Waals surface area contributed by atoms with Crippen LogP contribution in [0.25, 0.3) is 21.8 Å². The van der Waals surface area contributed by atoms with E-state index in [1.54, 1.807) is 80.4 Å². The fraction of sp³-hybridized carbons (Fsp3) is 0.317. The summed E-state index contributed by atoms with van der Waals surface area (Å²) in [6.07, 6.45) is 2.18. The van der Waals surface area contributed by atoms with E-state index in [2.05, 4.69) is 23.7 Å². The minimum absolute atomic E-state index is 0.0217. The number of benzene rings is 5. The van der Waals surface area contributed by atoms with Crippen LogP contribution >= 0.6 is 26.6 Å². The highest BCUT2D eigenvalue weighted by molar-refractivity contribution is 7.73. The highest BCUT2D eigenvalue weighted by Gasteiger charge is 2.47. The van der Waals surface area contributed by atoms with Gasteiger partial charge in [-0.15, -0.1) is 0 Å². The van der Waals surface area contributed by atoms with Gasteiger partial charge in [-0.3, -0.25) is 42.3 Å². The molecule has 2 unspecified atom stereocenters. The summed E-state index contributed by atoms with van der Waals surface area (Å²) in [5, 5.41) is 9.65. The molecule has 5 aromatic carbocycles. The van der Waals surface area contributed by atoms with Crippen LogP contribution in [0.15, 0.2) is 116 Å². The summed E-state index contributed by atoms with van der Waals surface area (Å²) < 4.78 is 72.5. The summed E-state index contributed by atoms with van der Waals surface area (Å²) >= 11 is 5.86. The lowest BCUT2D eigenvalue weighted by atomic mass is 10.1. The van der Waals surface area contributed by atoms with E-state index in [1.165, 1.54) is 91.8 Å². The van der Waals surface area contributed by atoms with Crippen LogP contribution in [0, 0.1) is 18.6 Å². The van der Waals surface area contributed by atoms with E-state index in [1.807, 2.05) is 0 Å². The monoisotopic (exact) mass is 1300 g/mol. The lowest BCUT2D eigenvalue weighted by Gasteiger charge is -2.41. The molecule has 6 N–H and O–H groups in total. The molecule has 0 radical (unpaired) electrons. The minimum Gasteiger partial charge on any atom is -0.432 e. The number of Topliss-reactive ketones (excluding diaryl/α,β-unsaturated/α-hetero) is 1. The van der Waals surface area contributed by atoms with Gasteiger partial charge in [0.1, 0.15) is 30.3 Å². The lowest BCUT2D eigenvalue weighted by molar-refractivity contribution is -0.138. The van der Waals surface area contributed by atoms with Crippen molar-refractivity contribution in [3.05, 3.63) is 154 Å². The van der Waals surface area contributed by atoms with Crippen molar-refractivity contribution in [1.82, 2.24) is 34.7 Å². The number of anilines is 1. The summed E-state index contributed by atoms with van der Waals surface area (Å²) in [6, 6.07) is 23.9. The molecule has 10 rings (SSSR count). The molecule has 89 heavy (non-hydrogen) atoms. The third-order valence-corrected chi connectivity index (χ3v) is 21.8. The SMILES string of the molecule is CC(=O)c1cn(CC(=O)N2C[Si](C)(C)C[C@H]2C(=O)NCc2cccc(Cl)c2F)c2cc(P(=O)(O)OCOC(=O)OC(C)C)ccc12.Cc1cccc(CNC(=O)[C@@H]2CCN3CCN(c4cn(C(N)=O)c5ccc(P(=O)(O)c6ccccc6)cc45)C(=O)N23)c1F. The van der Waals surface area contributed by atoms with Crippen LogP contribution in [-0.4, -0.2) is 134 Å². The number of aromatic nitrogens is 2. The number of fused-ring (bicyclic) bond motifs is 3. The van der Waals surface area contributed by atoms with Crippen molar-refractivity contribution < 1.29 is 75.3 Å². The summed E-state index contributed by atoms with van der Waals surface area (Å²) in [7, 11) is -10.5. The number of hydrogen-bond donors (Lipinski definition) is 5. The molecule has 23 nitrogen and oxygen atoms in total. The second-order valence-electron chi connectivity index (χ2n) is 22.7. The van der Waals surface area contributed by atoms with Gasteiger partial charge < -0.3 is 45.1 Å². The van der Waals surface area contributed by atoms with Gasteiger partial charge in [-0.05, 0) is 94.3 Å². The maximum Gasteiger partial charge on any atom is 0.510 e. The summed E-state index contributed by atoms with van der Waals surface area (Å²) in [5.41, 5.74) is 7.96. The Morgan fingerprint density at radius 3 is 2.12 bits per heavy atom. The highest BCUT2D eigenvalue weighted by atomic mass is 35.5. The number of carbonyl (C=O) groups is 7. The van der Waals surface area contributed by atoms with E-state index in [-0.39, 0.29) is 69.8 Å². The first kappa shape index (κ1) is 65.4. The van der Waals surface area contributed by atoms with Crippen LogP contribution in [0.2, 0.25) is 24.2 Å². The van der Waals surface area contributed by atoms with Gasteiger partial charge in [0.05, 0.1) is 41.2 Å². The summed E-state index contributed by atoms with van der Waals surface area (Å²) in [5.74, 6) is -2.54. The molecule has 470 valence electrons. The number of nitrogens with two attached hydrogens (primary N) is 1. The van der Waals surface area contributed by atoms with Crippen molar-refractivity contribution in [2.75, 3.05) is 37.5 Å². The number of ketones is 1. The zero-order valence-electron chi connectivity index (χ0n) is 49.4. The van der Waals surface area contributed by atoms with E-state index >= 15 is 0 Å². The van der Waals surface area contributed by atoms with Gasteiger partial charge in [0.15, 0.2) is 5.78 Å². The van der Waals surface area contributed by atoms with Crippen molar-refractivity contribution in [2.45, 2.75) is 91.1 Å². The number of amides is 6. The summed E-state index contributed by atoms with van der Waals surface area (Å²) in [6.45, 7) is 10.2. The Morgan fingerprint density at radius 1 is 0.787 bits per heavy atom. The van der Waals surface area contributed by atoms with Crippen LogP contribution in [0.4, 0.5) is 28.9 Å². The van der Waals surface area contributed by atoms with Crippen molar-refractivity contribution >= 4 is 120 Å². The van der Waals surface area contributed by atoms with E-state index in [0.717, 1.165) is 0 Å². The molecule has 6 amide bonds. The Hall–Kier alpha value is -8.06. The number of nitrogens with one attached hydrogen (secondary N) is 2. The van der Waals surface area contributed by atoms with Gasteiger partial charge in [0.2, 0.25) is 24.5 Å². The fourth-order valence-corrected chi connectivity index (χ4v) is 16.5. The van der Waals surface area contributed by atoms with Crippen LogP contribution in [0.1, 0.15) is 54.2 Å². The zero-order chi connectivity index (χ0) is 64.4. The second-order valence-corrected chi connectivity index (χ2v) is 32.2. The number of halogens is 3. The van der Waals surface area contributed by atoms with Crippen molar-refractivity contribution in [1.29, 1.82) is 0 Å². The van der Waals surface area contributed by atoms with Gasteiger partial charge >= 0.3 is 25.8 Å². The molecule has 0 saturated carbocycles. The number of nitrogens with zero attached hydrogens (tertiary/aromatic N) is 6. The third kappa shape index (κ3) is 14.2. The molecule has 0 bridgehead atoms. The molecule has 5 heterocycles. The van der Waals surface area contributed by atoms with Crippen LogP contribution in [0.5, 0.6) is 0 Å². The molecule has 3 aliphatic heterocycles. The van der Waals surface area contributed by atoms with E-state index in [0.29, 0.717) is 70.3 Å². The number of urea groups is 1. The molecule has 29 heteroatoms. The van der Waals surface area contributed by atoms with Crippen molar-refractivity contribution in [3.63, 3.8) is 0 Å². The molecule has 2 aromatic heterocycles. The highest BCUT2D eigenvalue weighted by Crippen LogP contribution is 2.43. The average Bonchev–Trinajstić information content (AvgIpc) is 1.67. The van der Waals surface area contributed by atoms with Gasteiger partial charge in [0.25, 0.3) is 7.37 Å². The topological polar surface area (TPSA) is 295 Å². The van der Waals surface area contributed by atoms with E-state index in [9.17, 15) is 61.3 Å². The number of hydrogen-bond acceptors (Lipinski definition) is 13. The predicted molar refractivity (Wildman–Crippen MR) is 331 cm³/mol. The molecule has 3 aliphatic rings. The smallest absolute Gasteiger partial charge is 0.432 e. The number of primary amides is 1. The number of rotatable bonds is 17. The molecule has 7 aromatic rings. The fourth-order valence-electron chi connectivity index (χ4n) is 11.1. The van der Waals surface area contributed by atoms with Crippen LogP contribution in [0.3, 0.4) is 0 Å². The second kappa shape index (κ2) is 26.6. The molecule has 3 saturated heterocycles. The van der Waals surface area contributed by atoms with Gasteiger partial charge in [-0.1, -0.05) is 79.3 Å². The van der Waals surface area contributed by atoms with Gasteiger partial charge in [0, 0.05) is 89.4 Å². The van der Waals surface area contributed by atoms with Gasteiger partial charge in [-0.25, -0.2) is 33.2 Å². The maximum absolute atomic E-state index is 14.5. The van der Waals surface area contributed by atoms with Crippen LogP contribution in [-0.2, 0) is 57.1 Å². The molecule has 4 atom stereocenters. The average molecular weight is 1300 g/mol. The van der Waals surface area contributed by atoms with Crippen molar-refractivity contribution in [2.24, 2.45) is 5.73 Å².